The normalized spacial score (nSPS) is 34.9. The highest BCUT2D eigenvalue weighted by molar-refractivity contribution is 7.84. The molecule has 1 fully saturated rings. The molecule has 2 N–H and O–H groups in total. The van der Waals surface area contributed by atoms with Crippen LogP contribution in [-0.4, -0.2) is 46.3 Å². The number of hydrogen-bond donors (Lipinski definition) is 2. The maximum Gasteiger partial charge on any atom is 0.263 e. The van der Waals surface area contributed by atoms with Crippen LogP contribution in [0.3, 0.4) is 0 Å². The van der Waals surface area contributed by atoms with E-state index in [0.29, 0.717) is 24.5 Å². The number of benzene rings is 2. The fourth-order valence-corrected chi connectivity index (χ4v) is 8.24. The molecule has 2 heterocycles. The molecule has 0 aromatic heterocycles. The van der Waals surface area contributed by atoms with Gasteiger partial charge in [-0.05, 0) is 105 Å². The van der Waals surface area contributed by atoms with Gasteiger partial charge in [0.1, 0.15) is 16.7 Å². The Morgan fingerprint density at radius 1 is 1.18 bits per heavy atom. The first kappa shape index (κ1) is 27.8. The van der Waals surface area contributed by atoms with Crippen LogP contribution in [-0.2, 0) is 22.8 Å². The number of nitrogens with zero attached hydrogens (tertiary/aromatic N) is 1. The van der Waals surface area contributed by atoms with Gasteiger partial charge in [0, 0.05) is 29.1 Å². The van der Waals surface area contributed by atoms with Crippen LogP contribution in [0.2, 0.25) is 5.02 Å². The van der Waals surface area contributed by atoms with Crippen LogP contribution in [0.25, 0.3) is 0 Å². The predicted octanol–water partition coefficient (Wildman–Crippen LogP) is 5.58. The number of ether oxygens (including phenoxy) is 1. The van der Waals surface area contributed by atoms with Crippen molar-refractivity contribution in [3.05, 3.63) is 70.3 Å². The molecule has 214 valence electrons. The highest BCUT2D eigenvalue weighted by Crippen LogP contribution is 2.46. The van der Waals surface area contributed by atoms with Gasteiger partial charge in [0.15, 0.2) is 0 Å². The molecule has 2 aliphatic carbocycles. The number of nitrogens with one attached hydrogen (secondary N) is 1. The van der Waals surface area contributed by atoms with Gasteiger partial charge in [0.25, 0.3) is 5.91 Å². The Hall–Kier alpha value is -2.35. The van der Waals surface area contributed by atoms with Crippen LogP contribution in [0.1, 0.15) is 67.4 Å². The van der Waals surface area contributed by atoms with Crippen LogP contribution in [0.15, 0.2) is 48.6 Å². The number of carbonyl (C=O) groups excluding carboxylic acids is 1. The highest BCUT2D eigenvalue weighted by atomic mass is 35.5. The maximum atomic E-state index is 13.3. The van der Waals surface area contributed by atoms with E-state index in [2.05, 4.69) is 21.8 Å². The summed E-state index contributed by atoms with van der Waals surface area (Å²) in [5, 5.41) is 11.6. The van der Waals surface area contributed by atoms with Gasteiger partial charge in [-0.3, -0.25) is 9.52 Å². The molecule has 2 aromatic carbocycles. The molecule has 6 rings (SSSR count). The average Bonchev–Trinajstić information content (AvgIpc) is 3.07. The van der Waals surface area contributed by atoms with E-state index in [-0.39, 0.29) is 28.4 Å². The van der Waals surface area contributed by atoms with Crippen molar-refractivity contribution < 1.29 is 18.8 Å². The number of rotatable bonds is 0. The van der Waals surface area contributed by atoms with E-state index in [0.717, 1.165) is 61.7 Å². The van der Waals surface area contributed by atoms with E-state index in [4.69, 9.17) is 16.3 Å². The zero-order valence-corrected chi connectivity index (χ0v) is 24.8. The minimum atomic E-state index is -1.53. The molecule has 1 amide bonds. The largest absolute Gasteiger partial charge is 0.490 e. The number of fused-ring (bicyclic) bond motifs is 4. The van der Waals surface area contributed by atoms with Crippen molar-refractivity contribution in [2.75, 3.05) is 24.6 Å². The standard InChI is InChI=1S/C32H39ClN2O4S/c1-20-5-3-7-29(36)26-11-8-24(26)17-35-18-32(14-4-6-22-15-25(33)10-12-27(22)32)19-39-30-13-9-23(16-28(30)35)31(37)34-40(38)21(20)2/h3,7,9-10,12-13,15-16,20-21,24,26,29,36H,4-6,8,11,14,17-19H2,1-2H3,(H,34,37)/b7-3+/t20-,21?,24?,26?,29?,32?,40?/m1/s1. The number of halogens is 1. The lowest BCUT2D eigenvalue weighted by molar-refractivity contribution is 0.0456. The minimum Gasteiger partial charge on any atom is -0.490 e. The lowest BCUT2D eigenvalue weighted by atomic mass is 9.68. The van der Waals surface area contributed by atoms with Crippen LogP contribution < -0.4 is 14.4 Å². The summed E-state index contributed by atoms with van der Waals surface area (Å²) in [6, 6.07) is 11.8. The number of allylic oxidation sites excluding steroid dienone is 1. The Bertz CT molecular complexity index is 1350. The third kappa shape index (κ3) is 5.21. The second kappa shape index (κ2) is 11.1. The molecule has 1 spiro atoms. The molecular formula is C32H39ClN2O4S. The molecule has 40 heavy (non-hydrogen) atoms. The van der Waals surface area contributed by atoms with E-state index in [1.807, 2.05) is 44.2 Å². The average molecular weight is 583 g/mol. The monoisotopic (exact) mass is 582 g/mol. The van der Waals surface area contributed by atoms with Gasteiger partial charge in [0.2, 0.25) is 0 Å². The van der Waals surface area contributed by atoms with Crippen molar-refractivity contribution in [2.24, 2.45) is 17.8 Å². The molecule has 1 saturated carbocycles. The quantitative estimate of drug-likeness (QED) is 0.397. The first-order chi connectivity index (χ1) is 19.2. The van der Waals surface area contributed by atoms with Crippen LogP contribution in [0, 0.1) is 17.8 Å². The number of anilines is 1. The summed E-state index contributed by atoms with van der Waals surface area (Å²) in [6.07, 6.45) is 9.28. The molecule has 2 aliphatic heterocycles. The topological polar surface area (TPSA) is 78.9 Å². The van der Waals surface area contributed by atoms with Crippen molar-refractivity contribution in [3.8, 4) is 5.75 Å². The SMILES string of the molecule is CC1[C@H](C)C/C=C/C(O)C2CCC2CN2CC3(CCCc4cc(Cl)ccc43)COc3ccc(cc32)C(=O)NS1=O. The molecule has 6 unspecified atom stereocenters. The Morgan fingerprint density at radius 2 is 2.02 bits per heavy atom. The van der Waals surface area contributed by atoms with Gasteiger partial charge in [-0.1, -0.05) is 36.7 Å². The van der Waals surface area contributed by atoms with Gasteiger partial charge >= 0.3 is 0 Å². The van der Waals surface area contributed by atoms with Crippen molar-refractivity contribution in [1.29, 1.82) is 0 Å². The first-order valence-corrected chi connectivity index (χ1v) is 16.2. The zero-order chi connectivity index (χ0) is 28.0. The number of aliphatic hydroxyl groups is 1. The summed E-state index contributed by atoms with van der Waals surface area (Å²) in [5.41, 5.74) is 3.75. The molecule has 2 aromatic rings. The number of amides is 1. The van der Waals surface area contributed by atoms with E-state index in [1.165, 1.54) is 11.1 Å². The Morgan fingerprint density at radius 3 is 2.83 bits per heavy atom. The Balaban J connectivity index is 1.41. The van der Waals surface area contributed by atoms with Gasteiger partial charge in [-0.25, -0.2) is 4.21 Å². The fraction of sp³-hybridized carbons (Fsp3) is 0.531. The highest BCUT2D eigenvalue weighted by Gasteiger charge is 2.44. The molecule has 0 radical (unpaired) electrons. The van der Waals surface area contributed by atoms with Crippen molar-refractivity contribution in [2.45, 2.75) is 69.1 Å². The summed E-state index contributed by atoms with van der Waals surface area (Å²) in [7, 11) is -1.53. The van der Waals surface area contributed by atoms with Gasteiger partial charge in [0.05, 0.1) is 23.6 Å². The lowest BCUT2D eigenvalue weighted by Crippen LogP contribution is -2.49. The van der Waals surface area contributed by atoms with Gasteiger partial charge in [-0.2, -0.15) is 0 Å². The summed E-state index contributed by atoms with van der Waals surface area (Å²) < 4.78 is 22.3. The lowest BCUT2D eigenvalue weighted by Gasteiger charge is -2.45. The number of aliphatic hydroxyl groups excluding tert-OH is 1. The van der Waals surface area contributed by atoms with Gasteiger partial charge < -0.3 is 14.7 Å². The second-order valence-corrected chi connectivity index (χ2v) is 14.3. The molecule has 6 nitrogen and oxygen atoms in total. The summed E-state index contributed by atoms with van der Waals surface area (Å²) in [4.78, 5) is 15.7. The van der Waals surface area contributed by atoms with Gasteiger partial charge in [-0.15, -0.1) is 0 Å². The second-order valence-electron chi connectivity index (χ2n) is 12.4. The third-order valence-corrected chi connectivity index (χ3v) is 11.6. The number of carbonyl (C=O) groups is 1. The van der Waals surface area contributed by atoms with E-state index in [1.54, 1.807) is 6.07 Å². The number of aryl methyl sites for hydroxylation is 1. The molecule has 0 saturated heterocycles. The van der Waals surface area contributed by atoms with Crippen molar-refractivity contribution in [1.82, 2.24) is 4.72 Å². The molecule has 8 heteroatoms. The van der Waals surface area contributed by atoms with E-state index in [9.17, 15) is 14.1 Å². The Labute approximate surface area is 244 Å². The summed E-state index contributed by atoms with van der Waals surface area (Å²) in [5.74, 6) is 1.05. The zero-order valence-electron chi connectivity index (χ0n) is 23.3. The number of hydrogen-bond acceptors (Lipinski definition) is 5. The first-order valence-electron chi connectivity index (χ1n) is 14.6. The smallest absolute Gasteiger partial charge is 0.263 e. The molecule has 2 bridgehead atoms. The molecule has 7 atom stereocenters. The van der Waals surface area contributed by atoms with Crippen LogP contribution in [0.5, 0.6) is 5.75 Å². The minimum absolute atomic E-state index is 0.0926. The molecular weight excluding hydrogens is 544 g/mol. The van der Waals surface area contributed by atoms with Crippen LogP contribution in [0.4, 0.5) is 5.69 Å². The van der Waals surface area contributed by atoms with Crippen LogP contribution >= 0.6 is 11.6 Å². The molecule has 4 aliphatic rings. The Kier molecular flexibility index (Phi) is 7.75. The summed E-state index contributed by atoms with van der Waals surface area (Å²) >= 11 is 6.39. The van der Waals surface area contributed by atoms with Crippen molar-refractivity contribution in [3.63, 3.8) is 0 Å². The van der Waals surface area contributed by atoms with E-state index >= 15 is 0 Å². The van der Waals surface area contributed by atoms with E-state index < -0.39 is 17.1 Å². The summed E-state index contributed by atoms with van der Waals surface area (Å²) in [6.45, 7) is 6.02. The third-order valence-electron chi connectivity index (χ3n) is 9.84. The van der Waals surface area contributed by atoms with Crippen molar-refractivity contribution >= 4 is 34.2 Å². The predicted molar refractivity (Wildman–Crippen MR) is 160 cm³/mol. The maximum absolute atomic E-state index is 13.3. The fourth-order valence-electron chi connectivity index (χ4n) is 7.03.